The molecule has 1 atom stereocenters. The Morgan fingerprint density at radius 1 is 1.39 bits per heavy atom. The third kappa shape index (κ3) is 2.63. The van der Waals surface area contributed by atoms with Crippen molar-refractivity contribution in [3.63, 3.8) is 0 Å². The Kier molecular flexibility index (Phi) is 3.58. The Morgan fingerprint density at radius 3 is 2.72 bits per heavy atom. The molecule has 1 unspecified atom stereocenters. The van der Waals surface area contributed by atoms with E-state index in [1.165, 1.54) is 0 Å². The van der Waals surface area contributed by atoms with Crippen LogP contribution in [0.2, 0.25) is 5.02 Å². The number of methoxy groups -OCH3 is 1. The van der Waals surface area contributed by atoms with Crippen molar-refractivity contribution < 1.29 is 14.6 Å². The van der Waals surface area contributed by atoms with Crippen LogP contribution >= 0.6 is 11.6 Å². The topological polar surface area (TPSA) is 38.7 Å². The summed E-state index contributed by atoms with van der Waals surface area (Å²) in [5, 5.41) is 11.5. The summed E-state index contributed by atoms with van der Waals surface area (Å²) >= 11 is 6.03. The Bertz CT molecular complexity index is 445. The first-order valence-electron chi connectivity index (χ1n) is 6.07. The largest absolute Gasteiger partial charge is 0.496 e. The zero-order chi connectivity index (χ0) is 13.4. The summed E-state index contributed by atoms with van der Waals surface area (Å²) in [5.74, 6) is 0.666. The molecule has 0 aliphatic carbocycles. The summed E-state index contributed by atoms with van der Waals surface area (Å²) in [6.07, 6.45) is 1.07. The first kappa shape index (κ1) is 13.7. The van der Waals surface area contributed by atoms with Crippen molar-refractivity contribution in [2.75, 3.05) is 13.7 Å². The predicted octanol–water partition coefficient (Wildman–Crippen LogP) is 3.13. The molecule has 0 radical (unpaired) electrons. The van der Waals surface area contributed by atoms with Crippen LogP contribution < -0.4 is 4.74 Å². The van der Waals surface area contributed by atoms with E-state index in [0.29, 0.717) is 30.2 Å². The van der Waals surface area contributed by atoms with Gasteiger partial charge in [0.25, 0.3) is 0 Å². The van der Waals surface area contributed by atoms with Gasteiger partial charge in [-0.1, -0.05) is 11.6 Å². The van der Waals surface area contributed by atoms with Crippen LogP contribution in [0.3, 0.4) is 0 Å². The van der Waals surface area contributed by atoms with Crippen molar-refractivity contribution in [1.82, 2.24) is 0 Å². The summed E-state index contributed by atoms with van der Waals surface area (Å²) in [5.41, 5.74) is -0.549. The lowest BCUT2D eigenvalue weighted by atomic mass is 9.79. The van der Waals surface area contributed by atoms with Gasteiger partial charge in [0.05, 0.1) is 24.9 Å². The van der Waals surface area contributed by atoms with Gasteiger partial charge in [-0.05, 0) is 32.0 Å². The van der Waals surface area contributed by atoms with E-state index in [4.69, 9.17) is 21.1 Å². The summed E-state index contributed by atoms with van der Waals surface area (Å²) in [6, 6.07) is 5.33. The van der Waals surface area contributed by atoms with E-state index in [-0.39, 0.29) is 5.60 Å². The van der Waals surface area contributed by atoms with Crippen molar-refractivity contribution >= 4 is 11.6 Å². The van der Waals surface area contributed by atoms with E-state index in [2.05, 4.69) is 0 Å². The second-order valence-corrected chi connectivity index (χ2v) is 5.85. The summed E-state index contributed by atoms with van der Waals surface area (Å²) < 4.78 is 11.0. The third-order valence-corrected chi connectivity index (χ3v) is 3.62. The average molecular weight is 271 g/mol. The fourth-order valence-corrected chi connectivity index (χ4v) is 2.79. The van der Waals surface area contributed by atoms with Gasteiger partial charge in [-0.2, -0.15) is 0 Å². The Labute approximate surface area is 113 Å². The Morgan fingerprint density at radius 2 is 2.11 bits per heavy atom. The lowest BCUT2D eigenvalue weighted by molar-refractivity contribution is -0.148. The quantitative estimate of drug-likeness (QED) is 0.897. The molecule has 1 aromatic carbocycles. The van der Waals surface area contributed by atoms with Crippen molar-refractivity contribution in [2.45, 2.75) is 37.9 Å². The summed E-state index contributed by atoms with van der Waals surface area (Å²) in [6.45, 7) is 4.49. The van der Waals surface area contributed by atoms with Gasteiger partial charge in [0.1, 0.15) is 5.75 Å². The molecule has 4 heteroatoms. The van der Waals surface area contributed by atoms with Crippen LogP contribution in [0, 0.1) is 0 Å². The first-order valence-corrected chi connectivity index (χ1v) is 6.44. The molecule has 1 fully saturated rings. The first-order chi connectivity index (χ1) is 8.36. The van der Waals surface area contributed by atoms with Crippen LogP contribution in [0.25, 0.3) is 0 Å². The molecule has 0 spiro atoms. The molecule has 2 rings (SSSR count). The number of rotatable bonds is 2. The van der Waals surface area contributed by atoms with Gasteiger partial charge in [-0.3, -0.25) is 0 Å². The molecular weight excluding hydrogens is 252 g/mol. The maximum Gasteiger partial charge on any atom is 0.125 e. The predicted molar refractivity (Wildman–Crippen MR) is 71.2 cm³/mol. The van der Waals surface area contributed by atoms with E-state index in [1.807, 2.05) is 13.8 Å². The minimum absolute atomic E-state index is 0.347. The van der Waals surface area contributed by atoms with Crippen LogP contribution in [0.5, 0.6) is 5.75 Å². The minimum atomic E-state index is -0.946. The van der Waals surface area contributed by atoms with Crippen LogP contribution in [0.4, 0.5) is 0 Å². The van der Waals surface area contributed by atoms with Crippen molar-refractivity contribution in [1.29, 1.82) is 0 Å². The molecule has 0 aromatic heterocycles. The number of benzene rings is 1. The fraction of sp³-hybridized carbons (Fsp3) is 0.571. The zero-order valence-corrected chi connectivity index (χ0v) is 11.8. The minimum Gasteiger partial charge on any atom is -0.496 e. The summed E-state index contributed by atoms with van der Waals surface area (Å²) in [7, 11) is 1.60. The Hall–Kier alpha value is -0.770. The number of aliphatic hydroxyl groups is 1. The van der Waals surface area contributed by atoms with Crippen molar-refractivity contribution in [2.24, 2.45) is 0 Å². The second kappa shape index (κ2) is 4.72. The highest BCUT2D eigenvalue weighted by Gasteiger charge is 2.42. The van der Waals surface area contributed by atoms with Gasteiger partial charge >= 0.3 is 0 Å². The monoisotopic (exact) mass is 270 g/mol. The molecule has 100 valence electrons. The lowest BCUT2D eigenvalue weighted by Crippen LogP contribution is -2.44. The lowest BCUT2D eigenvalue weighted by Gasteiger charge is -2.42. The molecule has 1 N–H and O–H groups in total. The van der Waals surface area contributed by atoms with E-state index >= 15 is 0 Å². The molecule has 3 nitrogen and oxygen atoms in total. The van der Waals surface area contributed by atoms with Gasteiger partial charge in [-0.15, -0.1) is 0 Å². The number of halogens is 1. The number of ether oxygens (including phenoxy) is 2. The third-order valence-electron chi connectivity index (χ3n) is 3.39. The highest BCUT2D eigenvalue weighted by atomic mass is 35.5. The van der Waals surface area contributed by atoms with Crippen LogP contribution in [-0.4, -0.2) is 24.4 Å². The molecule has 1 aliphatic rings. The highest BCUT2D eigenvalue weighted by molar-refractivity contribution is 6.30. The van der Waals surface area contributed by atoms with Gasteiger partial charge < -0.3 is 14.6 Å². The van der Waals surface area contributed by atoms with E-state index in [0.717, 1.165) is 5.56 Å². The number of hydrogen-bond acceptors (Lipinski definition) is 3. The van der Waals surface area contributed by atoms with Crippen LogP contribution in [0.1, 0.15) is 32.3 Å². The highest BCUT2D eigenvalue weighted by Crippen LogP contribution is 2.43. The normalized spacial score (nSPS) is 26.9. The van der Waals surface area contributed by atoms with Gasteiger partial charge in [0.2, 0.25) is 0 Å². The summed E-state index contributed by atoms with van der Waals surface area (Å²) in [4.78, 5) is 0. The molecule has 0 bridgehead atoms. The van der Waals surface area contributed by atoms with E-state index < -0.39 is 5.60 Å². The molecule has 0 saturated carbocycles. The van der Waals surface area contributed by atoms with Gasteiger partial charge in [-0.25, -0.2) is 0 Å². The molecule has 0 amide bonds. The van der Waals surface area contributed by atoms with Crippen LogP contribution in [0.15, 0.2) is 18.2 Å². The fourth-order valence-electron chi connectivity index (χ4n) is 2.61. The van der Waals surface area contributed by atoms with Gasteiger partial charge in [0.15, 0.2) is 0 Å². The molecule has 1 aromatic rings. The average Bonchev–Trinajstić information content (AvgIpc) is 2.27. The molecule has 1 heterocycles. The van der Waals surface area contributed by atoms with Crippen LogP contribution in [-0.2, 0) is 10.3 Å². The Balaban J connectivity index is 2.43. The van der Waals surface area contributed by atoms with E-state index in [9.17, 15) is 5.11 Å². The molecule has 18 heavy (non-hydrogen) atoms. The van der Waals surface area contributed by atoms with Crippen molar-refractivity contribution in [3.05, 3.63) is 28.8 Å². The smallest absolute Gasteiger partial charge is 0.125 e. The molecular formula is C14H19ClO3. The number of hydrogen-bond donors (Lipinski definition) is 1. The second-order valence-electron chi connectivity index (χ2n) is 5.41. The van der Waals surface area contributed by atoms with Gasteiger partial charge in [0, 0.05) is 23.4 Å². The molecule has 1 saturated heterocycles. The maximum absolute atomic E-state index is 10.9. The maximum atomic E-state index is 10.9. The zero-order valence-electron chi connectivity index (χ0n) is 11.0. The standard InChI is InChI=1S/C14H19ClO3/c1-13(2)9-14(16,6-7-18-13)11-8-10(15)4-5-12(11)17-3/h4-5,8,16H,6-7,9H2,1-3H3. The van der Waals surface area contributed by atoms with Crippen molar-refractivity contribution in [3.8, 4) is 5.75 Å². The van der Waals surface area contributed by atoms with E-state index in [1.54, 1.807) is 25.3 Å². The molecule has 1 aliphatic heterocycles. The SMILES string of the molecule is COc1ccc(Cl)cc1C1(O)CCOC(C)(C)C1.